The molecule has 0 fully saturated rings. The van der Waals surface area contributed by atoms with Gasteiger partial charge in [-0.2, -0.15) is 4.99 Å². The second-order valence-corrected chi connectivity index (χ2v) is 5.43. The van der Waals surface area contributed by atoms with E-state index >= 15 is 0 Å². The second-order valence-electron chi connectivity index (χ2n) is 5.03. The number of carbonyl (C=O) groups excluding carboxylic acids is 1. The van der Waals surface area contributed by atoms with E-state index in [1.165, 1.54) is 13.1 Å². The van der Waals surface area contributed by atoms with Crippen LogP contribution in [0.4, 0.5) is 0 Å². The summed E-state index contributed by atoms with van der Waals surface area (Å²) in [6.07, 6.45) is 3.09. The lowest BCUT2D eigenvalue weighted by Crippen LogP contribution is -2.12. The van der Waals surface area contributed by atoms with Gasteiger partial charge >= 0.3 is 0 Å². The largest absolute Gasteiger partial charge is 0.456 e. The van der Waals surface area contributed by atoms with Crippen molar-refractivity contribution < 1.29 is 9.53 Å². The quantitative estimate of drug-likeness (QED) is 0.550. The van der Waals surface area contributed by atoms with E-state index in [0.29, 0.717) is 22.1 Å². The molecule has 138 valence electrons. The molecule has 0 aromatic heterocycles. The summed E-state index contributed by atoms with van der Waals surface area (Å²) in [7, 11) is 3.22. The molecule has 0 spiro atoms. The maximum absolute atomic E-state index is 12.1. The fourth-order valence-corrected chi connectivity index (χ4v) is 2.17. The molecule has 6 nitrogen and oxygen atoms in total. The average Bonchev–Trinajstić information content (AvgIpc) is 2.64. The third kappa shape index (κ3) is 6.58. The topological polar surface area (TPSA) is 103 Å². The summed E-state index contributed by atoms with van der Waals surface area (Å²) >= 11 is 6.16. The summed E-state index contributed by atoms with van der Waals surface area (Å²) in [4.78, 5) is 15.9. The lowest BCUT2D eigenvalue weighted by molar-refractivity contribution is 0.100. The first kappa shape index (κ1) is 21.2. The molecule has 0 saturated heterocycles. The minimum absolute atomic E-state index is 0.113. The number of nitrogens with zero attached hydrogens (tertiary/aromatic N) is 1. The molecule has 0 atom stereocenters. The summed E-state index contributed by atoms with van der Waals surface area (Å²) in [5.74, 6) is 0.675. The molecule has 5 N–H and O–H groups in total. The number of carbonyl (C=O) groups is 1. The highest BCUT2D eigenvalue weighted by atomic mass is 35.5. The van der Waals surface area contributed by atoms with Gasteiger partial charge in [-0.25, -0.2) is 0 Å². The van der Waals surface area contributed by atoms with Crippen LogP contribution in [-0.4, -0.2) is 25.8 Å². The first-order chi connectivity index (χ1) is 12.5. The standard InChI is InChI=1S/C18H18ClN3O2.CH5N/c1-12-6-7-16(15(19)10-12)24-14-5-3-4-13(11-14)18(23)22-17(20)8-9-21-2;1-2/h3-11,21H,1-2H3,(H2,20,22,23);2H2,1H3/b9-8-;. The zero-order valence-electron chi connectivity index (χ0n) is 15.0. The Kier molecular flexibility index (Phi) is 8.91. The van der Waals surface area contributed by atoms with Crippen LogP contribution in [-0.2, 0) is 0 Å². The Morgan fingerprint density at radius 3 is 2.62 bits per heavy atom. The zero-order chi connectivity index (χ0) is 19.5. The lowest BCUT2D eigenvalue weighted by Gasteiger charge is -2.09. The number of nitrogens with two attached hydrogens (primary N) is 2. The van der Waals surface area contributed by atoms with Gasteiger partial charge < -0.3 is 21.5 Å². The van der Waals surface area contributed by atoms with Crippen molar-refractivity contribution in [2.75, 3.05) is 14.1 Å². The molecular formula is C19H23ClN4O2. The summed E-state index contributed by atoms with van der Waals surface area (Å²) < 4.78 is 5.74. The van der Waals surface area contributed by atoms with E-state index in [9.17, 15) is 4.79 Å². The van der Waals surface area contributed by atoms with Crippen molar-refractivity contribution >= 4 is 23.3 Å². The Hall–Kier alpha value is -2.83. The Balaban J connectivity index is 0.00000163. The highest BCUT2D eigenvalue weighted by Crippen LogP contribution is 2.30. The van der Waals surface area contributed by atoms with Gasteiger partial charge in [0, 0.05) is 12.6 Å². The lowest BCUT2D eigenvalue weighted by atomic mass is 10.2. The van der Waals surface area contributed by atoms with Crippen LogP contribution in [0.5, 0.6) is 11.5 Å². The second kappa shape index (κ2) is 10.9. The van der Waals surface area contributed by atoms with Crippen molar-refractivity contribution in [2.24, 2.45) is 16.5 Å². The van der Waals surface area contributed by atoms with Crippen LogP contribution < -0.4 is 21.5 Å². The van der Waals surface area contributed by atoms with Crippen LogP contribution in [0.25, 0.3) is 0 Å². The predicted octanol–water partition coefficient (Wildman–Crippen LogP) is 3.25. The van der Waals surface area contributed by atoms with E-state index in [1.54, 1.807) is 43.6 Å². The van der Waals surface area contributed by atoms with E-state index in [1.807, 2.05) is 19.1 Å². The highest BCUT2D eigenvalue weighted by molar-refractivity contribution is 6.32. The molecule has 0 aliphatic heterocycles. The highest BCUT2D eigenvalue weighted by Gasteiger charge is 2.08. The number of aryl methyl sites for hydroxylation is 1. The van der Waals surface area contributed by atoms with Crippen molar-refractivity contribution in [1.82, 2.24) is 5.32 Å². The molecule has 26 heavy (non-hydrogen) atoms. The molecule has 0 bridgehead atoms. The zero-order valence-corrected chi connectivity index (χ0v) is 15.7. The minimum Gasteiger partial charge on any atom is -0.456 e. The number of amides is 1. The summed E-state index contributed by atoms with van der Waals surface area (Å²) in [5, 5.41) is 3.28. The van der Waals surface area contributed by atoms with Gasteiger partial charge in [0.25, 0.3) is 5.91 Å². The van der Waals surface area contributed by atoms with Gasteiger partial charge in [-0.15, -0.1) is 0 Å². The number of ether oxygens (including phenoxy) is 1. The Bertz CT molecular complexity index is 804. The first-order valence-corrected chi connectivity index (χ1v) is 8.21. The average molecular weight is 375 g/mol. The fraction of sp³-hybridized carbons (Fsp3) is 0.158. The van der Waals surface area contributed by atoms with Crippen molar-refractivity contribution in [3.8, 4) is 11.5 Å². The monoisotopic (exact) mass is 374 g/mol. The van der Waals surface area contributed by atoms with Crippen LogP contribution >= 0.6 is 11.6 Å². The molecular weight excluding hydrogens is 352 g/mol. The van der Waals surface area contributed by atoms with E-state index in [2.05, 4.69) is 16.0 Å². The molecule has 1 amide bonds. The van der Waals surface area contributed by atoms with Crippen LogP contribution in [0.2, 0.25) is 5.02 Å². The Morgan fingerprint density at radius 1 is 1.23 bits per heavy atom. The van der Waals surface area contributed by atoms with Gasteiger partial charge in [0.2, 0.25) is 0 Å². The van der Waals surface area contributed by atoms with Crippen molar-refractivity contribution in [3.05, 3.63) is 70.9 Å². The van der Waals surface area contributed by atoms with E-state index in [0.717, 1.165) is 5.56 Å². The van der Waals surface area contributed by atoms with Gasteiger partial charge in [-0.1, -0.05) is 23.7 Å². The Morgan fingerprint density at radius 2 is 1.96 bits per heavy atom. The van der Waals surface area contributed by atoms with E-state index < -0.39 is 5.91 Å². The Labute approximate surface area is 158 Å². The van der Waals surface area contributed by atoms with Crippen LogP contribution in [0.3, 0.4) is 0 Å². The maximum Gasteiger partial charge on any atom is 0.279 e. The third-order valence-corrected chi connectivity index (χ3v) is 3.34. The number of hydrogen-bond acceptors (Lipinski definition) is 4. The summed E-state index contributed by atoms with van der Waals surface area (Å²) in [6, 6.07) is 12.2. The molecule has 0 unspecified atom stereocenters. The maximum atomic E-state index is 12.1. The predicted molar refractivity (Wildman–Crippen MR) is 107 cm³/mol. The van der Waals surface area contributed by atoms with Crippen LogP contribution in [0.1, 0.15) is 15.9 Å². The van der Waals surface area contributed by atoms with Crippen LogP contribution in [0.15, 0.2) is 59.7 Å². The van der Waals surface area contributed by atoms with E-state index in [-0.39, 0.29) is 5.84 Å². The number of nitrogens with one attached hydrogen (secondary N) is 1. The van der Waals surface area contributed by atoms with E-state index in [4.69, 9.17) is 22.1 Å². The van der Waals surface area contributed by atoms with Crippen molar-refractivity contribution in [1.29, 1.82) is 0 Å². The molecule has 0 aliphatic rings. The molecule has 7 heteroatoms. The number of aliphatic imine (C=N–C) groups is 1. The normalized spacial score (nSPS) is 10.9. The number of rotatable bonds is 5. The van der Waals surface area contributed by atoms with Gasteiger partial charge in [-0.05, 0) is 62.1 Å². The molecule has 2 aromatic carbocycles. The smallest absolute Gasteiger partial charge is 0.279 e. The number of amidine groups is 1. The first-order valence-electron chi connectivity index (χ1n) is 7.83. The minimum atomic E-state index is -0.450. The van der Waals surface area contributed by atoms with Gasteiger partial charge in [-0.3, -0.25) is 4.79 Å². The summed E-state index contributed by atoms with van der Waals surface area (Å²) in [6.45, 7) is 1.94. The number of hydrogen-bond donors (Lipinski definition) is 3. The van der Waals surface area contributed by atoms with Crippen LogP contribution in [0, 0.1) is 6.92 Å². The van der Waals surface area contributed by atoms with Gasteiger partial charge in [0.15, 0.2) is 0 Å². The fourth-order valence-electron chi connectivity index (χ4n) is 1.90. The number of halogens is 1. The molecule has 0 heterocycles. The SMILES string of the molecule is CN.CN/C=C\C(N)=NC(=O)c1cccc(Oc2ccc(C)cc2Cl)c1. The molecule has 2 aromatic rings. The molecule has 0 radical (unpaired) electrons. The molecule has 0 saturated carbocycles. The van der Waals surface area contributed by atoms with Gasteiger partial charge in [0.05, 0.1) is 5.02 Å². The molecule has 0 aliphatic carbocycles. The van der Waals surface area contributed by atoms with Crippen molar-refractivity contribution in [2.45, 2.75) is 6.92 Å². The third-order valence-electron chi connectivity index (χ3n) is 3.05. The summed E-state index contributed by atoms with van der Waals surface area (Å²) in [5.41, 5.74) is 11.6. The number of benzene rings is 2. The molecule has 2 rings (SSSR count). The van der Waals surface area contributed by atoms with Crippen molar-refractivity contribution in [3.63, 3.8) is 0 Å². The van der Waals surface area contributed by atoms with Gasteiger partial charge in [0.1, 0.15) is 17.3 Å².